The van der Waals surface area contributed by atoms with Gasteiger partial charge in [0.05, 0.1) is 0 Å². The van der Waals surface area contributed by atoms with Crippen LogP contribution in [0, 0.1) is 6.92 Å². The maximum absolute atomic E-state index is 11.6. The Kier molecular flexibility index (Phi) is 4.68. The second kappa shape index (κ2) is 6.47. The zero-order valence-corrected chi connectivity index (χ0v) is 12.2. The highest BCUT2D eigenvalue weighted by Crippen LogP contribution is 2.25. The fraction of sp³-hybridized carbons (Fsp3) is 0.286. The van der Waals surface area contributed by atoms with Crippen molar-refractivity contribution < 1.29 is 4.79 Å². The maximum Gasteiger partial charge on any atom is 0.251 e. The molecule has 0 aliphatic rings. The highest BCUT2D eigenvalue weighted by molar-refractivity contribution is 7.99. The number of rotatable bonds is 5. The van der Waals surface area contributed by atoms with Crippen molar-refractivity contribution in [2.24, 2.45) is 0 Å². The number of aldehydes is 1. The predicted octanol–water partition coefficient (Wildman–Crippen LogP) is 2.39. The van der Waals surface area contributed by atoms with E-state index in [1.54, 1.807) is 6.07 Å². The second-order valence-corrected chi connectivity index (χ2v) is 5.38. The monoisotopic (exact) mass is 289 g/mol. The van der Waals surface area contributed by atoms with Gasteiger partial charge >= 0.3 is 0 Å². The molecule has 6 heteroatoms. The fourth-order valence-corrected chi connectivity index (χ4v) is 2.59. The molecule has 2 aromatic heterocycles. The van der Waals surface area contributed by atoms with E-state index in [1.165, 1.54) is 24.0 Å². The molecule has 0 unspecified atom stereocenters. The lowest BCUT2D eigenvalue weighted by atomic mass is 10.2. The molecule has 2 heterocycles. The third-order valence-corrected chi connectivity index (χ3v) is 3.67. The number of pyridine rings is 1. The maximum atomic E-state index is 11.6. The Morgan fingerprint density at radius 2 is 2.20 bits per heavy atom. The molecule has 0 aromatic carbocycles. The van der Waals surface area contributed by atoms with Gasteiger partial charge in [0.1, 0.15) is 5.03 Å². The summed E-state index contributed by atoms with van der Waals surface area (Å²) in [6.07, 6.45) is 3.98. The average Bonchev–Trinajstić information content (AvgIpc) is 2.41. The number of hydrogen-bond donors (Lipinski definition) is 1. The van der Waals surface area contributed by atoms with Crippen LogP contribution in [0.3, 0.4) is 0 Å². The number of carbonyl (C=O) groups excluding carboxylic acids is 1. The van der Waals surface area contributed by atoms with Crippen molar-refractivity contribution in [3.63, 3.8) is 0 Å². The van der Waals surface area contributed by atoms with Gasteiger partial charge in [-0.2, -0.15) is 0 Å². The zero-order valence-electron chi connectivity index (χ0n) is 11.3. The van der Waals surface area contributed by atoms with Gasteiger partial charge in [-0.3, -0.25) is 9.59 Å². The molecule has 0 spiro atoms. The first kappa shape index (κ1) is 14.5. The fourth-order valence-electron chi connectivity index (χ4n) is 1.76. The molecule has 2 rings (SSSR count). The normalized spacial score (nSPS) is 10.5. The summed E-state index contributed by atoms with van der Waals surface area (Å²) in [5.41, 5.74) is 2.03. The van der Waals surface area contributed by atoms with Gasteiger partial charge < -0.3 is 4.98 Å². The summed E-state index contributed by atoms with van der Waals surface area (Å²) in [5, 5.41) is 1.25. The third-order valence-electron chi connectivity index (χ3n) is 2.66. The third kappa shape index (κ3) is 3.54. The van der Waals surface area contributed by atoms with Crippen LogP contribution in [0.2, 0.25) is 0 Å². The van der Waals surface area contributed by atoms with Crippen LogP contribution in [-0.2, 0) is 6.42 Å². The minimum atomic E-state index is -0.159. The van der Waals surface area contributed by atoms with Crippen LogP contribution in [0.15, 0.2) is 33.3 Å². The number of nitrogens with zero attached hydrogens (tertiary/aromatic N) is 2. The summed E-state index contributed by atoms with van der Waals surface area (Å²) in [7, 11) is 0. The van der Waals surface area contributed by atoms with E-state index in [0.29, 0.717) is 10.7 Å². The van der Waals surface area contributed by atoms with Crippen LogP contribution in [0.4, 0.5) is 0 Å². The molecule has 1 N–H and O–H groups in total. The van der Waals surface area contributed by atoms with Gasteiger partial charge in [-0.15, -0.1) is 0 Å². The molecule has 0 radical (unpaired) electrons. The van der Waals surface area contributed by atoms with Crippen molar-refractivity contribution in [1.82, 2.24) is 15.0 Å². The first-order valence-corrected chi connectivity index (χ1v) is 7.14. The molecular weight excluding hydrogens is 274 g/mol. The molecule has 0 fully saturated rings. The Morgan fingerprint density at radius 3 is 2.85 bits per heavy atom. The molecule has 0 amide bonds. The van der Waals surface area contributed by atoms with Crippen LogP contribution < -0.4 is 5.56 Å². The number of aromatic amines is 1. The van der Waals surface area contributed by atoms with Gasteiger partial charge in [-0.05, 0) is 36.7 Å². The molecular formula is C14H15N3O2S. The van der Waals surface area contributed by atoms with E-state index in [1.807, 2.05) is 13.8 Å². The number of H-pyrrole nitrogens is 1. The summed E-state index contributed by atoms with van der Waals surface area (Å²) in [4.78, 5) is 33.6. The van der Waals surface area contributed by atoms with E-state index < -0.39 is 0 Å². The van der Waals surface area contributed by atoms with Gasteiger partial charge in [0, 0.05) is 23.5 Å². The molecule has 104 valence electrons. The lowest BCUT2D eigenvalue weighted by Crippen LogP contribution is -2.10. The Hall–Kier alpha value is -1.95. The summed E-state index contributed by atoms with van der Waals surface area (Å²) >= 11 is 1.29. The lowest BCUT2D eigenvalue weighted by molar-refractivity contribution is 0.112. The Balaban J connectivity index is 2.29. The molecule has 5 nitrogen and oxygen atoms in total. The highest BCUT2D eigenvalue weighted by Gasteiger charge is 2.07. The number of aryl methyl sites for hydroxylation is 2. The first-order valence-electron chi connectivity index (χ1n) is 6.32. The highest BCUT2D eigenvalue weighted by atomic mass is 32.2. The Morgan fingerprint density at radius 1 is 1.40 bits per heavy atom. The van der Waals surface area contributed by atoms with Crippen LogP contribution in [0.25, 0.3) is 0 Å². The molecule has 0 atom stereocenters. The van der Waals surface area contributed by atoms with Crippen molar-refractivity contribution in [3.8, 4) is 0 Å². The van der Waals surface area contributed by atoms with E-state index in [4.69, 9.17) is 0 Å². The van der Waals surface area contributed by atoms with Gasteiger partial charge in [-0.25, -0.2) is 9.97 Å². The van der Waals surface area contributed by atoms with E-state index in [-0.39, 0.29) is 5.56 Å². The standard InChI is InChI=1S/C14H15N3O2S/c1-3-4-11-6-12(19)17-14(16-11)20-13-9(2)5-10(8-18)7-15-13/h5-8H,3-4H2,1-2H3,(H,16,17,19). The topological polar surface area (TPSA) is 75.7 Å². The average molecular weight is 289 g/mol. The number of nitrogens with one attached hydrogen (secondary N) is 1. The molecule has 0 aliphatic heterocycles. The smallest absolute Gasteiger partial charge is 0.251 e. The van der Waals surface area contributed by atoms with E-state index in [0.717, 1.165) is 35.4 Å². The van der Waals surface area contributed by atoms with E-state index in [2.05, 4.69) is 15.0 Å². The van der Waals surface area contributed by atoms with Crippen molar-refractivity contribution in [1.29, 1.82) is 0 Å². The summed E-state index contributed by atoms with van der Waals surface area (Å²) in [5.74, 6) is 0. The van der Waals surface area contributed by atoms with E-state index >= 15 is 0 Å². The summed E-state index contributed by atoms with van der Waals surface area (Å²) < 4.78 is 0. The first-order chi connectivity index (χ1) is 9.62. The van der Waals surface area contributed by atoms with Gasteiger partial charge in [-0.1, -0.05) is 13.3 Å². The molecule has 0 aliphatic carbocycles. The zero-order chi connectivity index (χ0) is 14.5. The summed E-state index contributed by atoms with van der Waals surface area (Å²) in [6, 6.07) is 3.28. The molecule has 0 saturated carbocycles. The van der Waals surface area contributed by atoms with Crippen LogP contribution >= 0.6 is 11.8 Å². The second-order valence-electron chi connectivity index (χ2n) is 4.40. The SMILES string of the molecule is CCCc1cc(=O)[nH]c(Sc2ncc(C=O)cc2C)n1. The van der Waals surface area contributed by atoms with E-state index in [9.17, 15) is 9.59 Å². The van der Waals surface area contributed by atoms with Gasteiger partial charge in [0.25, 0.3) is 5.56 Å². The number of aromatic nitrogens is 3. The number of carbonyl (C=O) groups is 1. The quantitative estimate of drug-likeness (QED) is 0.675. The Labute approximate surface area is 120 Å². The van der Waals surface area contributed by atoms with Crippen LogP contribution in [0.5, 0.6) is 0 Å². The van der Waals surface area contributed by atoms with Crippen molar-refractivity contribution in [2.75, 3.05) is 0 Å². The van der Waals surface area contributed by atoms with Gasteiger partial charge in [0.15, 0.2) is 11.4 Å². The van der Waals surface area contributed by atoms with Crippen LogP contribution in [0.1, 0.15) is 35.0 Å². The minimum absolute atomic E-state index is 0.159. The van der Waals surface area contributed by atoms with Crippen molar-refractivity contribution >= 4 is 18.0 Å². The molecule has 0 saturated heterocycles. The largest absolute Gasteiger partial charge is 0.301 e. The summed E-state index contributed by atoms with van der Waals surface area (Å²) in [6.45, 7) is 3.91. The van der Waals surface area contributed by atoms with Crippen molar-refractivity contribution in [3.05, 3.63) is 45.5 Å². The van der Waals surface area contributed by atoms with Crippen molar-refractivity contribution in [2.45, 2.75) is 36.9 Å². The predicted molar refractivity (Wildman–Crippen MR) is 77.3 cm³/mol. The lowest BCUT2D eigenvalue weighted by Gasteiger charge is -2.05. The molecule has 20 heavy (non-hydrogen) atoms. The molecule has 0 bridgehead atoms. The van der Waals surface area contributed by atoms with Crippen LogP contribution in [-0.4, -0.2) is 21.2 Å². The van der Waals surface area contributed by atoms with Gasteiger partial charge in [0.2, 0.25) is 0 Å². The number of hydrogen-bond acceptors (Lipinski definition) is 5. The minimum Gasteiger partial charge on any atom is -0.301 e. The Bertz CT molecular complexity index is 682. The molecule has 2 aromatic rings.